The predicted molar refractivity (Wildman–Crippen MR) is 91.7 cm³/mol. The van der Waals surface area contributed by atoms with Crippen LogP contribution in [-0.4, -0.2) is 18.4 Å². The van der Waals surface area contributed by atoms with E-state index in [0.717, 1.165) is 5.39 Å². The molecule has 0 fully saturated rings. The maximum absolute atomic E-state index is 12.1. The largest absolute Gasteiger partial charge is 0.457 e. The third kappa shape index (κ3) is 3.61. The molecule has 1 aromatic heterocycles. The van der Waals surface area contributed by atoms with E-state index in [2.05, 4.69) is 0 Å². The maximum Gasteiger partial charge on any atom is 0.310 e. The monoisotopic (exact) mass is 362 g/mol. The Labute approximate surface area is 147 Å². The molecule has 0 radical (unpaired) electrons. The highest BCUT2D eigenvalue weighted by molar-refractivity contribution is 6.36. The summed E-state index contributed by atoms with van der Waals surface area (Å²) in [6.07, 6.45) is -0.105. The number of para-hydroxylation sites is 1. The van der Waals surface area contributed by atoms with Gasteiger partial charge in [-0.2, -0.15) is 0 Å². The number of Topliss-reactive ketones (excluding diaryl/α,β-unsaturated/α-hetero) is 1. The van der Waals surface area contributed by atoms with Crippen LogP contribution in [0.2, 0.25) is 10.0 Å². The number of benzene rings is 2. The molecule has 0 amide bonds. The molecule has 2 aromatic carbocycles. The predicted octanol–water partition coefficient (Wildman–Crippen LogP) is 4.71. The van der Waals surface area contributed by atoms with E-state index in [1.807, 2.05) is 18.2 Å². The summed E-state index contributed by atoms with van der Waals surface area (Å²) in [4.78, 5) is 24.0. The lowest BCUT2D eigenvalue weighted by atomic mass is 10.1. The van der Waals surface area contributed by atoms with Crippen LogP contribution in [-0.2, 0) is 16.0 Å². The second kappa shape index (κ2) is 7.07. The van der Waals surface area contributed by atoms with Gasteiger partial charge in [-0.3, -0.25) is 9.59 Å². The molecule has 6 heteroatoms. The van der Waals surface area contributed by atoms with Gasteiger partial charge in [0.2, 0.25) is 5.78 Å². The lowest BCUT2D eigenvalue weighted by molar-refractivity contribution is -0.141. The second-order valence-electron chi connectivity index (χ2n) is 5.11. The number of esters is 1. The average molecular weight is 363 g/mol. The van der Waals surface area contributed by atoms with Crippen molar-refractivity contribution in [3.05, 3.63) is 69.9 Å². The van der Waals surface area contributed by atoms with Crippen LogP contribution in [0.5, 0.6) is 0 Å². The minimum Gasteiger partial charge on any atom is -0.457 e. The van der Waals surface area contributed by atoms with E-state index in [-0.39, 0.29) is 12.2 Å². The molecule has 3 aromatic rings. The zero-order valence-corrected chi connectivity index (χ0v) is 13.9. The highest BCUT2D eigenvalue weighted by Gasteiger charge is 2.16. The van der Waals surface area contributed by atoms with E-state index in [9.17, 15) is 9.59 Å². The Morgan fingerprint density at radius 3 is 2.42 bits per heavy atom. The van der Waals surface area contributed by atoms with Crippen molar-refractivity contribution in [2.45, 2.75) is 6.42 Å². The molecule has 122 valence electrons. The molecule has 4 nitrogen and oxygen atoms in total. The summed E-state index contributed by atoms with van der Waals surface area (Å²) >= 11 is 12.0. The van der Waals surface area contributed by atoms with Crippen molar-refractivity contribution >= 4 is 45.9 Å². The first-order valence-electron chi connectivity index (χ1n) is 7.15. The third-order valence-electron chi connectivity index (χ3n) is 3.45. The number of carbonyl (C=O) groups is 2. The van der Waals surface area contributed by atoms with Gasteiger partial charge in [-0.15, -0.1) is 0 Å². The summed E-state index contributed by atoms with van der Waals surface area (Å²) in [5, 5.41) is 1.57. The van der Waals surface area contributed by atoms with Crippen LogP contribution in [0.4, 0.5) is 0 Å². The van der Waals surface area contributed by atoms with Crippen molar-refractivity contribution in [2.75, 3.05) is 6.61 Å². The minimum atomic E-state index is -0.588. The number of carbonyl (C=O) groups excluding carboxylic acids is 2. The first kappa shape index (κ1) is 16.6. The quantitative estimate of drug-likeness (QED) is 0.487. The summed E-state index contributed by atoms with van der Waals surface area (Å²) in [6, 6.07) is 13.8. The fourth-order valence-corrected chi connectivity index (χ4v) is 2.76. The van der Waals surface area contributed by atoms with E-state index >= 15 is 0 Å². The zero-order chi connectivity index (χ0) is 17.1. The number of fused-ring (bicyclic) bond motifs is 1. The van der Waals surface area contributed by atoms with Gasteiger partial charge in [0.1, 0.15) is 5.58 Å². The lowest BCUT2D eigenvalue weighted by Crippen LogP contribution is -2.15. The molecule has 0 N–H and O–H groups in total. The van der Waals surface area contributed by atoms with E-state index < -0.39 is 18.4 Å². The van der Waals surface area contributed by atoms with Crippen LogP contribution in [0.15, 0.2) is 52.9 Å². The molecule has 0 aliphatic carbocycles. The molecule has 0 spiro atoms. The van der Waals surface area contributed by atoms with Crippen molar-refractivity contribution in [3.63, 3.8) is 0 Å². The lowest BCUT2D eigenvalue weighted by Gasteiger charge is -2.06. The van der Waals surface area contributed by atoms with Gasteiger partial charge in [-0.1, -0.05) is 47.5 Å². The van der Waals surface area contributed by atoms with E-state index in [1.54, 1.807) is 30.3 Å². The number of halogens is 2. The van der Waals surface area contributed by atoms with Crippen LogP contribution < -0.4 is 0 Å². The van der Waals surface area contributed by atoms with Crippen molar-refractivity contribution < 1.29 is 18.7 Å². The Bertz CT molecular complexity index is 861. The molecule has 0 aliphatic rings. The summed E-state index contributed by atoms with van der Waals surface area (Å²) in [5.41, 5.74) is 1.08. The van der Waals surface area contributed by atoms with Crippen molar-refractivity contribution in [1.82, 2.24) is 0 Å². The van der Waals surface area contributed by atoms with Crippen LogP contribution in [0.3, 0.4) is 0 Å². The number of ketones is 1. The molecule has 0 atom stereocenters. The molecule has 0 unspecified atom stereocenters. The number of hydrogen-bond donors (Lipinski definition) is 0. The highest BCUT2D eigenvalue weighted by atomic mass is 35.5. The third-order valence-corrected chi connectivity index (χ3v) is 4.16. The SMILES string of the molecule is O=C(Cc1c(Cl)cccc1Cl)OCC(=O)c1cc2ccccc2o1. The highest BCUT2D eigenvalue weighted by Crippen LogP contribution is 2.25. The molecule has 24 heavy (non-hydrogen) atoms. The van der Waals surface area contributed by atoms with Gasteiger partial charge in [0.15, 0.2) is 12.4 Å². The number of ether oxygens (including phenoxy) is 1. The fourth-order valence-electron chi connectivity index (χ4n) is 2.23. The maximum atomic E-state index is 12.1. The van der Waals surface area contributed by atoms with Crippen LogP contribution in [0.1, 0.15) is 16.1 Å². The topological polar surface area (TPSA) is 56.5 Å². The van der Waals surface area contributed by atoms with Gasteiger partial charge in [-0.05, 0) is 24.3 Å². The number of rotatable bonds is 5. The summed E-state index contributed by atoms with van der Waals surface area (Å²) in [5.74, 6) is -0.848. The molecule has 1 heterocycles. The Morgan fingerprint density at radius 2 is 1.71 bits per heavy atom. The van der Waals surface area contributed by atoms with E-state index in [0.29, 0.717) is 21.2 Å². The summed E-state index contributed by atoms with van der Waals surface area (Å²) < 4.78 is 10.4. The first-order valence-corrected chi connectivity index (χ1v) is 7.90. The Hall–Kier alpha value is -2.30. The van der Waals surface area contributed by atoms with E-state index in [1.165, 1.54) is 0 Å². The van der Waals surface area contributed by atoms with Gasteiger partial charge >= 0.3 is 5.97 Å². The molecule has 0 aliphatic heterocycles. The molecule has 0 saturated carbocycles. The number of hydrogen-bond acceptors (Lipinski definition) is 4. The Kier molecular flexibility index (Phi) is 4.88. The zero-order valence-electron chi connectivity index (χ0n) is 12.4. The van der Waals surface area contributed by atoms with Gasteiger partial charge in [0.25, 0.3) is 0 Å². The smallest absolute Gasteiger partial charge is 0.310 e. The van der Waals surface area contributed by atoms with Gasteiger partial charge in [0.05, 0.1) is 6.42 Å². The summed E-state index contributed by atoms with van der Waals surface area (Å²) in [6.45, 7) is -0.402. The van der Waals surface area contributed by atoms with Crippen molar-refractivity contribution in [3.8, 4) is 0 Å². The fraction of sp³-hybridized carbons (Fsp3) is 0.111. The van der Waals surface area contributed by atoms with E-state index in [4.69, 9.17) is 32.4 Å². The minimum absolute atomic E-state index is 0.105. The molecule has 0 saturated heterocycles. The first-order chi connectivity index (χ1) is 11.5. The van der Waals surface area contributed by atoms with Gasteiger partial charge in [-0.25, -0.2) is 0 Å². The molecular formula is C18H12Cl2O4. The second-order valence-corrected chi connectivity index (χ2v) is 5.92. The molecule has 0 bridgehead atoms. The van der Waals surface area contributed by atoms with Gasteiger partial charge in [0, 0.05) is 21.0 Å². The summed E-state index contributed by atoms with van der Waals surface area (Å²) in [7, 11) is 0. The van der Waals surface area contributed by atoms with Crippen molar-refractivity contribution in [1.29, 1.82) is 0 Å². The molecular weight excluding hydrogens is 351 g/mol. The number of furan rings is 1. The Morgan fingerprint density at radius 1 is 1.00 bits per heavy atom. The van der Waals surface area contributed by atoms with Crippen LogP contribution in [0.25, 0.3) is 11.0 Å². The molecule has 3 rings (SSSR count). The van der Waals surface area contributed by atoms with Gasteiger partial charge < -0.3 is 9.15 Å². The van der Waals surface area contributed by atoms with Crippen LogP contribution in [0, 0.1) is 0 Å². The van der Waals surface area contributed by atoms with Crippen molar-refractivity contribution in [2.24, 2.45) is 0 Å². The average Bonchev–Trinajstić information content (AvgIpc) is 3.00. The van der Waals surface area contributed by atoms with Crippen LogP contribution >= 0.6 is 23.2 Å². The standard InChI is InChI=1S/C18H12Cl2O4/c19-13-5-3-6-14(20)12(13)9-18(22)23-10-15(21)17-8-11-4-1-2-7-16(11)24-17/h1-8H,9-10H2. The Balaban J connectivity index is 1.62. The normalized spacial score (nSPS) is 10.8.